The van der Waals surface area contributed by atoms with Crippen molar-refractivity contribution in [3.05, 3.63) is 48.0 Å². The van der Waals surface area contributed by atoms with Gasteiger partial charge in [0.05, 0.1) is 19.6 Å². The summed E-state index contributed by atoms with van der Waals surface area (Å²) in [6.45, 7) is 4.29. The van der Waals surface area contributed by atoms with Crippen molar-refractivity contribution in [1.82, 2.24) is 4.31 Å². The SMILES string of the molecule is CCOc1ccc(NC(=O)CCOc2cccc(C)c2)cc1S(=O)(=O)N(C)C. The van der Waals surface area contributed by atoms with Crippen LogP contribution < -0.4 is 14.8 Å². The molecule has 0 aliphatic rings. The fourth-order valence-corrected chi connectivity index (χ4v) is 3.50. The van der Waals surface area contributed by atoms with Gasteiger partial charge in [-0.25, -0.2) is 12.7 Å². The summed E-state index contributed by atoms with van der Waals surface area (Å²) in [6, 6.07) is 12.1. The predicted octanol–water partition coefficient (Wildman–Crippen LogP) is 3.05. The molecule has 0 spiro atoms. The number of hydrogen-bond acceptors (Lipinski definition) is 5. The first kappa shape index (κ1) is 21.7. The van der Waals surface area contributed by atoms with Crippen LogP contribution in [0.3, 0.4) is 0 Å². The van der Waals surface area contributed by atoms with Crippen LogP contribution in [0.25, 0.3) is 0 Å². The number of nitrogens with one attached hydrogen (secondary N) is 1. The number of nitrogens with zero attached hydrogens (tertiary/aromatic N) is 1. The van der Waals surface area contributed by atoms with Gasteiger partial charge in [0.2, 0.25) is 15.9 Å². The number of anilines is 1. The summed E-state index contributed by atoms with van der Waals surface area (Å²) in [7, 11) is -0.826. The van der Waals surface area contributed by atoms with E-state index in [-0.39, 0.29) is 29.6 Å². The van der Waals surface area contributed by atoms with Crippen molar-refractivity contribution < 1.29 is 22.7 Å². The molecule has 0 saturated carbocycles. The minimum atomic E-state index is -3.71. The standard InChI is InChI=1S/C20H26N2O5S/c1-5-26-18-10-9-16(14-19(18)28(24,25)22(3)4)21-20(23)11-12-27-17-8-6-7-15(2)13-17/h6-10,13-14H,5,11-12H2,1-4H3,(H,21,23). The zero-order chi connectivity index (χ0) is 20.7. The van der Waals surface area contributed by atoms with E-state index in [1.807, 2.05) is 31.2 Å². The number of sulfonamides is 1. The molecule has 0 aromatic heterocycles. The van der Waals surface area contributed by atoms with E-state index >= 15 is 0 Å². The van der Waals surface area contributed by atoms with Crippen LogP contribution in [-0.4, -0.2) is 45.9 Å². The van der Waals surface area contributed by atoms with Gasteiger partial charge < -0.3 is 14.8 Å². The molecule has 0 saturated heterocycles. The highest BCUT2D eigenvalue weighted by molar-refractivity contribution is 7.89. The van der Waals surface area contributed by atoms with Gasteiger partial charge in [-0.2, -0.15) is 0 Å². The molecule has 1 amide bonds. The monoisotopic (exact) mass is 406 g/mol. The third-order valence-electron chi connectivity index (χ3n) is 3.87. The van der Waals surface area contributed by atoms with E-state index in [0.29, 0.717) is 18.0 Å². The Balaban J connectivity index is 2.05. The van der Waals surface area contributed by atoms with Crippen LogP contribution in [0.1, 0.15) is 18.9 Å². The zero-order valence-electron chi connectivity index (χ0n) is 16.6. The molecule has 2 aromatic rings. The molecule has 0 fully saturated rings. The van der Waals surface area contributed by atoms with Crippen molar-refractivity contribution >= 4 is 21.6 Å². The second kappa shape index (κ2) is 9.57. The Morgan fingerprint density at radius 1 is 1.11 bits per heavy atom. The van der Waals surface area contributed by atoms with Crippen LogP contribution >= 0.6 is 0 Å². The van der Waals surface area contributed by atoms with Gasteiger partial charge in [0.15, 0.2) is 0 Å². The number of ether oxygens (including phenoxy) is 2. The number of benzene rings is 2. The molecule has 2 aromatic carbocycles. The molecule has 0 aliphatic carbocycles. The molecule has 0 bridgehead atoms. The largest absolute Gasteiger partial charge is 0.493 e. The lowest BCUT2D eigenvalue weighted by molar-refractivity contribution is -0.116. The Hall–Kier alpha value is -2.58. The molecule has 0 atom stereocenters. The fraction of sp³-hybridized carbons (Fsp3) is 0.350. The molecule has 152 valence electrons. The van der Waals surface area contributed by atoms with E-state index in [9.17, 15) is 13.2 Å². The molecule has 7 nitrogen and oxygen atoms in total. The van der Waals surface area contributed by atoms with Crippen LogP contribution in [0.5, 0.6) is 11.5 Å². The molecule has 0 heterocycles. The van der Waals surface area contributed by atoms with Crippen LogP contribution in [-0.2, 0) is 14.8 Å². The quantitative estimate of drug-likeness (QED) is 0.692. The molecule has 1 N–H and O–H groups in total. The molecule has 0 radical (unpaired) electrons. The number of hydrogen-bond donors (Lipinski definition) is 1. The zero-order valence-corrected chi connectivity index (χ0v) is 17.4. The minimum absolute atomic E-state index is 0.00756. The van der Waals surface area contributed by atoms with Crippen molar-refractivity contribution in [2.24, 2.45) is 0 Å². The number of amides is 1. The maximum Gasteiger partial charge on any atom is 0.246 e. The first-order chi connectivity index (χ1) is 13.2. The summed E-state index contributed by atoms with van der Waals surface area (Å²) >= 11 is 0. The van der Waals surface area contributed by atoms with E-state index in [2.05, 4.69) is 5.32 Å². The van der Waals surface area contributed by atoms with Crippen molar-refractivity contribution in [2.75, 3.05) is 32.6 Å². The Kier molecular flexibility index (Phi) is 7.42. The molecule has 2 rings (SSSR count). The summed E-state index contributed by atoms with van der Waals surface area (Å²) in [4.78, 5) is 12.2. The Morgan fingerprint density at radius 2 is 1.86 bits per heavy atom. The molecular formula is C20H26N2O5S. The first-order valence-electron chi connectivity index (χ1n) is 8.92. The van der Waals surface area contributed by atoms with Crippen molar-refractivity contribution in [2.45, 2.75) is 25.2 Å². The molecule has 0 aliphatic heterocycles. The van der Waals surface area contributed by atoms with E-state index in [1.165, 1.54) is 20.2 Å². The van der Waals surface area contributed by atoms with Crippen molar-refractivity contribution in [3.63, 3.8) is 0 Å². The lowest BCUT2D eigenvalue weighted by atomic mass is 10.2. The predicted molar refractivity (Wildman–Crippen MR) is 108 cm³/mol. The van der Waals surface area contributed by atoms with E-state index in [4.69, 9.17) is 9.47 Å². The van der Waals surface area contributed by atoms with Crippen molar-refractivity contribution in [1.29, 1.82) is 0 Å². The maximum atomic E-state index is 12.5. The topological polar surface area (TPSA) is 84.9 Å². The van der Waals surface area contributed by atoms with Gasteiger partial charge in [-0.15, -0.1) is 0 Å². The van der Waals surface area contributed by atoms with Gasteiger partial charge in [-0.3, -0.25) is 4.79 Å². The summed E-state index contributed by atoms with van der Waals surface area (Å²) in [5.41, 5.74) is 1.45. The van der Waals surface area contributed by atoms with Crippen LogP contribution in [0.15, 0.2) is 47.4 Å². The third kappa shape index (κ3) is 5.71. The van der Waals surface area contributed by atoms with E-state index in [0.717, 1.165) is 9.87 Å². The average Bonchev–Trinajstić information content (AvgIpc) is 2.63. The highest BCUT2D eigenvalue weighted by atomic mass is 32.2. The number of carbonyl (C=O) groups excluding carboxylic acids is 1. The maximum absolute atomic E-state index is 12.5. The normalized spacial score (nSPS) is 11.3. The Bertz CT molecular complexity index is 926. The number of carbonyl (C=O) groups is 1. The minimum Gasteiger partial charge on any atom is -0.493 e. The van der Waals surface area contributed by atoms with Gasteiger partial charge in [0.1, 0.15) is 16.4 Å². The number of rotatable bonds is 9. The first-order valence-corrected chi connectivity index (χ1v) is 10.4. The highest BCUT2D eigenvalue weighted by Crippen LogP contribution is 2.29. The lowest BCUT2D eigenvalue weighted by Crippen LogP contribution is -2.23. The van der Waals surface area contributed by atoms with Gasteiger partial charge in [0, 0.05) is 19.8 Å². The van der Waals surface area contributed by atoms with Gasteiger partial charge in [-0.05, 0) is 49.7 Å². The van der Waals surface area contributed by atoms with Gasteiger partial charge in [0.25, 0.3) is 0 Å². The Morgan fingerprint density at radius 3 is 2.50 bits per heavy atom. The van der Waals surface area contributed by atoms with E-state index in [1.54, 1.807) is 19.1 Å². The number of aryl methyl sites for hydroxylation is 1. The van der Waals surface area contributed by atoms with Gasteiger partial charge in [-0.1, -0.05) is 12.1 Å². The third-order valence-corrected chi connectivity index (χ3v) is 5.71. The fourth-order valence-electron chi connectivity index (χ4n) is 2.45. The summed E-state index contributed by atoms with van der Waals surface area (Å²) in [5, 5.41) is 2.70. The summed E-state index contributed by atoms with van der Waals surface area (Å²) < 4.78 is 37.2. The molecule has 28 heavy (non-hydrogen) atoms. The summed E-state index contributed by atoms with van der Waals surface area (Å²) in [5.74, 6) is 0.676. The van der Waals surface area contributed by atoms with Gasteiger partial charge >= 0.3 is 0 Å². The highest BCUT2D eigenvalue weighted by Gasteiger charge is 2.23. The van der Waals surface area contributed by atoms with E-state index < -0.39 is 10.0 Å². The second-order valence-electron chi connectivity index (χ2n) is 6.35. The molecular weight excluding hydrogens is 380 g/mol. The smallest absolute Gasteiger partial charge is 0.246 e. The summed E-state index contributed by atoms with van der Waals surface area (Å²) in [6.07, 6.45) is 0.136. The second-order valence-corrected chi connectivity index (χ2v) is 8.47. The molecule has 8 heteroatoms. The Labute approximate surface area is 166 Å². The van der Waals surface area contributed by atoms with Crippen LogP contribution in [0, 0.1) is 6.92 Å². The van der Waals surface area contributed by atoms with Crippen LogP contribution in [0.4, 0.5) is 5.69 Å². The lowest BCUT2D eigenvalue weighted by Gasteiger charge is -2.16. The average molecular weight is 407 g/mol. The molecule has 0 unspecified atom stereocenters. The van der Waals surface area contributed by atoms with Crippen molar-refractivity contribution in [3.8, 4) is 11.5 Å². The van der Waals surface area contributed by atoms with Crippen LogP contribution in [0.2, 0.25) is 0 Å².